The topological polar surface area (TPSA) is 37.8 Å². The van der Waals surface area contributed by atoms with Crippen molar-refractivity contribution in [2.24, 2.45) is 0 Å². The van der Waals surface area contributed by atoms with Gasteiger partial charge in [-0.3, -0.25) is 4.98 Å². The molecule has 4 aromatic rings. The van der Waals surface area contributed by atoms with Crippen molar-refractivity contribution in [2.75, 3.05) is 5.32 Å². The van der Waals surface area contributed by atoms with E-state index in [4.69, 9.17) is 4.98 Å². The number of pyridine rings is 2. The number of rotatable bonds is 7. The largest absolute Gasteiger partial charge is 0.362 e. The predicted molar refractivity (Wildman–Crippen MR) is 158 cm³/mol. The molecule has 0 fully saturated rings. The molecule has 0 radical (unpaired) electrons. The minimum atomic E-state index is 0. The monoisotopic (exact) mass is 467 g/mol. The van der Waals surface area contributed by atoms with Gasteiger partial charge in [0.1, 0.15) is 0 Å². The van der Waals surface area contributed by atoms with E-state index in [0.29, 0.717) is 0 Å². The zero-order chi connectivity index (χ0) is 24.9. The third kappa shape index (κ3) is 7.13. The second kappa shape index (κ2) is 15.2. The molecule has 4 rings (SSSR count). The molecule has 0 unspecified atom stereocenters. The van der Waals surface area contributed by atoms with Crippen molar-refractivity contribution in [2.45, 2.75) is 54.9 Å². The van der Waals surface area contributed by atoms with Gasteiger partial charge in [0.2, 0.25) is 0 Å². The van der Waals surface area contributed by atoms with E-state index in [1.165, 1.54) is 16.7 Å². The summed E-state index contributed by atoms with van der Waals surface area (Å²) in [4.78, 5) is 9.09. The summed E-state index contributed by atoms with van der Waals surface area (Å²) >= 11 is 0. The highest BCUT2D eigenvalue weighted by molar-refractivity contribution is 5.94. The number of anilines is 1. The third-order valence-corrected chi connectivity index (χ3v) is 5.24. The van der Waals surface area contributed by atoms with Crippen molar-refractivity contribution < 1.29 is 0 Å². The van der Waals surface area contributed by atoms with Crippen LogP contribution in [0.3, 0.4) is 0 Å². The maximum absolute atomic E-state index is 4.87. The Bertz CT molecular complexity index is 1210. The van der Waals surface area contributed by atoms with Crippen LogP contribution in [0.4, 0.5) is 5.69 Å². The van der Waals surface area contributed by atoms with E-state index < -0.39 is 0 Å². The van der Waals surface area contributed by atoms with Crippen molar-refractivity contribution in [3.05, 3.63) is 97.5 Å². The van der Waals surface area contributed by atoms with E-state index in [9.17, 15) is 0 Å². The average molecular weight is 468 g/mol. The predicted octanol–water partition coefficient (Wildman–Crippen LogP) is 9.80. The highest BCUT2D eigenvalue weighted by atomic mass is 14.9. The molecule has 184 valence electrons. The lowest BCUT2D eigenvalue weighted by atomic mass is 9.96. The van der Waals surface area contributed by atoms with E-state index >= 15 is 0 Å². The van der Waals surface area contributed by atoms with Gasteiger partial charge in [-0.25, -0.2) is 4.98 Å². The van der Waals surface area contributed by atoms with Crippen LogP contribution in [0.15, 0.2) is 86.3 Å². The highest BCUT2D eigenvalue weighted by Gasteiger charge is 2.11. The number of benzene rings is 2. The van der Waals surface area contributed by atoms with E-state index in [0.717, 1.165) is 46.3 Å². The molecule has 2 heterocycles. The first kappa shape index (κ1) is 29.3. The Morgan fingerprint density at radius 1 is 0.886 bits per heavy atom. The first-order chi connectivity index (χ1) is 16.7. The quantitative estimate of drug-likeness (QED) is 0.294. The maximum Gasteiger partial charge on any atom is 0.0761 e. The Morgan fingerprint density at radius 3 is 2.20 bits per heavy atom. The molecular formula is C32H41N3. The normalized spacial score (nSPS) is 9.51. The zero-order valence-electron chi connectivity index (χ0n) is 21.2. The van der Waals surface area contributed by atoms with Crippen molar-refractivity contribution >= 4 is 22.7 Å². The molecule has 0 bridgehead atoms. The SMILES string of the molecule is C.C=CNc1cc(-c2ccc(-c3ccc(CCC)cc3)cc2C=C)nc2ccncc12.CC.CC. The van der Waals surface area contributed by atoms with Crippen molar-refractivity contribution in [1.82, 2.24) is 9.97 Å². The summed E-state index contributed by atoms with van der Waals surface area (Å²) in [5.74, 6) is 0. The molecule has 0 atom stereocenters. The first-order valence-electron chi connectivity index (χ1n) is 12.2. The second-order valence-corrected chi connectivity index (χ2v) is 7.25. The minimum Gasteiger partial charge on any atom is -0.362 e. The number of nitrogens with one attached hydrogen (secondary N) is 1. The van der Waals surface area contributed by atoms with Crippen LogP contribution in [0.25, 0.3) is 39.4 Å². The molecule has 0 saturated heterocycles. The Kier molecular flexibility index (Phi) is 12.8. The lowest BCUT2D eigenvalue weighted by Crippen LogP contribution is -1.95. The Labute approximate surface area is 212 Å². The van der Waals surface area contributed by atoms with Crippen LogP contribution in [0, 0.1) is 0 Å². The van der Waals surface area contributed by atoms with Gasteiger partial charge in [0.25, 0.3) is 0 Å². The molecular weight excluding hydrogens is 426 g/mol. The smallest absolute Gasteiger partial charge is 0.0761 e. The van der Waals surface area contributed by atoms with E-state index in [2.05, 4.69) is 72.8 Å². The summed E-state index contributed by atoms with van der Waals surface area (Å²) < 4.78 is 0. The first-order valence-corrected chi connectivity index (χ1v) is 12.2. The van der Waals surface area contributed by atoms with Gasteiger partial charge in [0.05, 0.1) is 16.9 Å². The maximum atomic E-state index is 4.87. The summed E-state index contributed by atoms with van der Waals surface area (Å²) in [6.07, 6.45) is 9.41. The highest BCUT2D eigenvalue weighted by Crippen LogP contribution is 2.33. The number of hydrogen-bond acceptors (Lipinski definition) is 3. The van der Waals surface area contributed by atoms with Gasteiger partial charge in [-0.05, 0) is 53.1 Å². The van der Waals surface area contributed by atoms with Crippen LogP contribution in [-0.4, -0.2) is 9.97 Å². The van der Waals surface area contributed by atoms with E-state index in [1.807, 2.05) is 52.1 Å². The van der Waals surface area contributed by atoms with Gasteiger partial charge in [0, 0.05) is 23.3 Å². The number of fused-ring (bicyclic) bond motifs is 1. The molecule has 0 aliphatic heterocycles. The lowest BCUT2D eigenvalue weighted by molar-refractivity contribution is 0.922. The molecule has 35 heavy (non-hydrogen) atoms. The summed E-state index contributed by atoms with van der Waals surface area (Å²) in [6, 6.07) is 19.2. The molecule has 3 heteroatoms. The summed E-state index contributed by atoms with van der Waals surface area (Å²) in [5.41, 5.74) is 8.55. The molecule has 3 nitrogen and oxygen atoms in total. The van der Waals surface area contributed by atoms with E-state index in [-0.39, 0.29) is 7.43 Å². The summed E-state index contributed by atoms with van der Waals surface area (Å²) in [6.45, 7) is 18.0. The fraction of sp³-hybridized carbons (Fsp3) is 0.250. The van der Waals surface area contributed by atoms with Gasteiger partial charge in [0.15, 0.2) is 0 Å². The van der Waals surface area contributed by atoms with Gasteiger partial charge in [-0.1, -0.05) is 104 Å². The van der Waals surface area contributed by atoms with Gasteiger partial charge in [-0.15, -0.1) is 0 Å². The standard InChI is InChI=1S/C27H25N3.2C2H6.CH4/c1-4-7-19-8-10-21(11-9-19)22-12-13-23(20(5-2)16-22)27-17-26(29-6-3)24-18-28-15-14-25(24)30-27;2*1-2;/h5-6,8-18H,2-4,7H2,1H3,(H,29,30);2*1-2H3;1H4. The number of aryl methyl sites for hydroxylation is 1. The Morgan fingerprint density at radius 2 is 1.57 bits per heavy atom. The van der Waals surface area contributed by atoms with Crippen LogP contribution in [-0.2, 0) is 6.42 Å². The van der Waals surface area contributed by atoms with Gasteiger partial charge < -0.3 is 5.32 Å². The molecule has 1 N–H and O–H groups in total. The van der Waals surface area contributed by atoms with E-state index in [1.54, 1.807) is 12.4 Å². The summed E-state index contributed by atoms with van der Waals surface area (Å²) in [7, 11) is 0. The zero-order valence-corrected chi connectivity index (χ0v) is 21.2. The van der Waals surface area contributed by atoms with Gasteiger partial charge in [-0.2, -0.15) is 0 Å². The fourth-order valence-electron chi connectivity index (χ4n) is 3.73. The minimum absolute atomic E-state index is 0. The molecule has 2 aromatic carbocycles. The molecule has 2 aromatic heterocycles. The Hall–Kier alpha value is -3.72. The average Bonchev–Trinajstić information content (AvgIpc) is 2.91. The summed E-state index contributed by atoms with van der Waals surface area (Å²) in [5, 5.41) is 4.17. The number of aromatic nitrogens is 2. The van der Waals surface area contributed by atoms with Gasteiger partial charge >= 0.3 is 0 Å². The van der Waals surface area contributed by atoms with Crippen LogP contribution >= 0.6 is 0 Å². The lowest BCUT2D eigenvalue weighted by Gasteiger charge is -2.13. The van der Waals surface area contributed by atoms with Crippen molar-refractivity contribution in [3.8, 4) is 22.4 Å². The molecule has 0 saturated carbocycles. The number of hydrogen-bond donors (Lipinski definition) is 1. The van der Waals surface area contributed by atoms with Crippen LogP contribution in [0.2, 0.25) is 0 Å². The molecule has 0 aliphatic rings. The van der Waals surface area contributed by atoms with Crippen molar-refractivity contribution in [1.29, 1.82) is 0 Å². The third-order valence-electron chi connectivity index (χ3n) is 5.24. The van der Waals surface area contributed by atoms with Crippen LogP contribution < -0.4 is 5.32 Å². The van der Waals surface area contributed by atoms with Crippen LogP contribution in [0.1, 0.15) is 59.6 Å². The fourth-order valence-corrected chi connectivity index (χ4v) is 3.73. The van der Waals surface area contributed by atoms with Crippen LogP contribution in [0.5, 0.6) is 0 Å². The number of nitrogens with zero attached hydrogens (tertiary/aromatic N) is 2. The molecule has 0 spiro atoms. The van der Waals surface area contributed by atoms with Crippen molar-refractivity contribution in [3.63, 3.8) is 0 Å². The molecule has 0 aliphatic carbocycles. The molecule has 0 amide bonds. The second-order valence-electron chi connectivity index (χ2n) is 7.25. The Balaban J connectivity index is 0.00000117.